The molecule has 0 saturated carbocycles. The van der Waals surface area contributed by atoms with E-state index in [1.165, 1.54) is 10.4 Å². The van der Waals surface area contributed by atoms with Gasteiger partial charge in [0, 0.05) is 26.1 Å². The molecule has 0 fully saturated rings. The van der Waals surface area contributed by atoms with Gasteiger partial charge in [0.15, 0.2) is 0 Å². The van der Waals surface area contributed by atoms with Gasteiger partial charge in [0.2, 0.25) is 15.9 Å². The van der Waals surface area contributed by atoms with Gasteiger partial charge in [-0.2, -0.15) is 4.31 Å². The predicted molar refractivity (Wildman–Crippen MR) is 117 cm³/mol. The summed E-state index contributed by atoms with van der Waals surface area (Å²) in [5.74, 6) is 0.654. The van der Waals surface area contributed by atoms with Gasteiger partial charge < -0.3 is 10.1 Å². The first kappa shape index (κ1) is 22.7. The van der Waals surface area contributed by atoms with Gasteiger partial charge in [-0.25, -0.2) is 13.1 Å². The van der Waals surface area contributed by atoms with Crippen molar-refractivity contribution in [1.82, 2.24) is 24.6 Å². The highest BCUT2D eigenvalue weighted by Crippen LogP contribution is 2.20. The van der Waals surface area contributed by atoms with Crippen LogP contribution in [0.5, 0.6) is 5.75 Å². The van der Waals surface area contributed by atoms with Gasteiger partial charge in [-0.05, 0) is 35.9 Å². The van der Waals surface area contributed by atoms with Gasteiger partial charge >= 0.3 is 0 Å². The average molecular weight is 446 g/mol. The molecule has 1 N–H and O–H groups in total. The maximum absolute atomic E-state index is 12.7. The van der Waals surface area contributed by atoms with Crippen LogP contribution in [-0.2, 0) is 27.9 Å². The highest BCUT2D eigenvalue weighted by molar-refractivity contribution is 7.89. The fraction of sp³-hybridized carbons (Fsp3) is 0.381. The van der Waals surface area contributed by atoms with Crippen LogP contribution in [0.25, 0.3) is 11.0 Å². The molecule has 0 aliphatic heterocycles. The number of aryl methyl sites for hydroxylation is 1. The lowest BCUT2D eigenvalue weighted by Gasteiger charge is -2.18. The third-order valence-electron chi connectivity index (χ3n) is 5.03. The predicted octanol–water partition coefficient (Wildman–Crippen LogP) is 2.18. The Hall–Kier alpha value is -2.98. The van der Waals surface area contributed by atoms with E-state index in [1.807, 2.05) is 24.3 Å². The standard InChI is InChI=1S/C21H27N5O4S/c1-4-25(5-2)31(28,29)18-10-11-20-19(14-18)23-24-26(20)13-12-21(27)22-15-16-6-8-17(30-3)9-7-16/h6-11,14H,4-5,12-13,15H2,1-3H3,(H,22,27). The van der Waals surface area contributed by atoms with E-state index < -0.39 is 10.0 Å². The van der Waals surface area contributed by atoms with Crippen molar-refractivity contribution in [3.63, 3.8) is 0 Å². The van der Waals surface area contributed by atoms with E-state index in [0.717, 1.165) is 11.3 Å². The summed E-state index contributed by atoms with van der Waals surface area (Å²) in [5.41, 5.74) is 2.13. The molecule has 9 nitrogen and oxygen atoms in total. The molecule has 0 spiro atoms. The van der Waals surface area contributed by atoms with Gasteiger partial charge in [-0.15, -0.1) is 5.10 Å². The van der Waals surface area contributed by atoms with Crippen LogP contribution in [0.1, 0.15) is 25.8 Å². The van der Waals surface area contributed by atoms with Gasteiger partial charge in [-0.3, -0.25) is 4.79 Å². The third kappa shape index (κ3) is 5.20. The lowest BCUT2D eigenvalue weighted by atomic mass is 10.2. The number of hydrogen-bond donors (Lipinski definition) is 1. The van der Waals surface area contributed by atoms with Crippen LogP contribution in [0.4, 0.5) is 0 Å². The molecule has 0 saturated heterocycles. The molecular weight excluding hydrogens is 418 g/mol. The van der Waals surface area contributed by atoms with E-state index in [1.54, 1.807) is 37.8 Å². The fourth-order valence-electron chi connectivity index (χ4n) is 3.23. The molecule has 0 atom stereocenters. The van der Waals surface area contributed by atoms with Crippen molar-refractivity contribution in [2.75, 3.05) is 20.2 Å². The summed E-state index contributed by atoms with van der Waals surface area (Å²) < 4.78 is 33.5. The minimum Gasteiger partial charge on any atom is -0.497 e. The summed E-state index contributed by atoms with van der Waals surface area (Å²) in [6, 6.07) is 12.2. The second-order valence-corrected chi connectivity index (χ2v) is 8.87. The summed E-state index contributed by atoms with van der Waals surface area (Å²) in [5, 5.41) is 11.0. The smallest absolute Gasteiger partial charge is 0.243 e. The molecule has 0 unspecified atom stereocenters. The Bertz CT molecular complexity index is 1140. The van der Waals surface area contributed by atoms with Gasteiger partial charge in [0.1, 0.15) is 11.3 Å². The SMILES string of the molecule is CCN(CC)S(=O)(=O)c1ccc2c(c1)nnn2CCC(=O)NCc1ccc(OC)cc1. The van der Waals surface area contributed by atoms with E-state index in [-0.39, 0.29) is 17.2 Å². The largest absolute Gasteiger partial charge is 0.497 e. The molecule has 1 heterocycles. The van der Waals surface area contributed by atoms with Crippen molar-refractivity contribution in [3.8, 4) is 5.75 Å². The summed E-state index contributed by atoms with van der Waals surface area (Å²) >= 11 is 0. The first-order valence-electron chi connectivity index (χ1n) is 10.1. The maximum Gasteiger partial charge on any atom is 0.243 e. The Morgan fingerprint density at radius 1 is 1.13 bits per heavy atom. The quantitative estimate of drug-likeness (QED) is 0.513. The Balaban J connectivity index is 1.62. The van der Waals surface area contributed by atoms with Crippen LogP contribution in [0, 0.1) is 0 Å². The molecule has 3 aromatic rings. The molecule has 2 aromatic carbocycles. The van der Waals surface area contributed by atoms with Crippen LogP contribution in [0.3, 0.4) is 0 Å². The average Bonchev–Trinajstić information content (AvgIpc) is 3.19. The van der Waals surface area contributed by atoms with Crippen molar-refractivity contribution in [1.29, 1.82) is 0 Å². The Kier molecular flexibility index (Phi) is 7.24. The molecule has 3 rings (SSSR count). The Morgan fingerprint density at radius 3 is 2.48 bits per heavy atom. The fourth-order valence-corrected chi connectivity index (χ4v) is 4.71. The molecule has 0 bridgehead atoms. The maximum atomic E-state index is 12.7. The summed E-state index contributed by atoms with van der Waals surface area (Å²) in [4.78, 5) is 12.4. The van der Waals surface area contributed by atoms with Crippen molar-refractivity contribution in [3.05, 3.63) is 48.0 Å². The highest BCUT2D eigenvalue weighted by atomic mass is 32.2. The molecule has 166 valence electrons. The van der Waals surface area contributed by atoms with E-state index >= 15 is 0 Å². The highest BCUT2D eigenvalue weighted by Gasteiger charge is 2.22. The van der Waals surface area contributed by atoms with Crippen LogP contribution in [0.2, 0.25) is 0 Å². The molecule has 10 heteroatoms. The third-order valence-corrected chi connectivity index (χ3v) is 7.07. The van der Waals surface area contributed by atoms with E-state index in [2.05, 4.69) is 15.6 Å². The van der Waals surface area contributed by atoms with Crippen molar-refractivity contribution < 1.29 is 17.9 Å². The van der Waals surface area contributed by atoms with Crippen LogP contribution < -0.4 is 10.1 Å². The molecule has 31 heavy (non-hydrogen) atoms. The minimum absolute atomic E-state index is 0.111. The number of methoxy groups -OCH3 is 1. The Morgan fingerprint density at radius 2 is 1.84 bits per heavy atom. The molecule has 0 radical (unpaired) electrons. The van der Waals surface area contributed by atoms with Crippen LogP contribution in [-0.4, -0.2) is 53.8 Å². The number of nitrogens with zero attached hydrogens (tertiary/aromatic N) is 4. The number of carbonyl (C=O) groups is 1. The zero-order chi connectivity index (χ0) is 22.4. The second-order valence-electron chi connectivity index (χ2n) is 6.93. The molecule has 1 aromatic heterocycles. The summed E-state index contributed by atoms with van der Waals surface area (Å²) in [6.07, 6.45) is 0.230. The molecule has 0 aliphatic carbocycles. The van der Waals surface area contributed by atoms with Gasteiger partial charge in [-0.1, -0.05) is 31.2 Å². The number of aromatic nitrogens is 3. The topological polar surface area (TPSA) is 106 Å². The normalized spacial score (nSPS) is 11.7. The lowest BCUT2D eigenvalue weighted by Crippen LogP contribution is -2.30. The summed E-state index contributed by atoms with van der Waals surface area (Å²) in [6.45, 7) is 5.16. The van der Waals surface area contributed by atoms with Gasteiger partial charge in [0.25, 0.3) is 0 Å². The van der Waals surface area contributed by atoms with Crippen molar-refractivity contribution in [2.24, 2.45) is 0 Å². The summed E-state index contributed by atoms with van der Waals surface area (Å²) in [7, 11) is -1.96. The zero-order valence-corrected chi connectivity index (χ0v) is 18.7. The molecule has 1 amide bonds. The number of hydrogen-bond acceptors (Lipinski definition) is 6. The van der Waals surface area contributed by atoms with Gasteiger partial charge in [0.05, 0.1) is 24.1 Å². The van der Waals surface area contributed by atoms with Crippen molar-refractivity contribution >= 4 is 27.0 Å². The van der Waals surface area contributed by atoms with E-state index in [0.29, 0.717) is 37.2 Å². The number of carbonyl (C=O) groups excluding carboxylic acids is 1. The van der Waals surface area contributed by atoms with Crippen LogP contribution in [0.15, 0.2) is 47.4 Å². The molecule has 0 aliphatic rings. The number of sulfonamides is 1. The lowest BCUT2D eigenvalue weighted by molar-refractivity contribution is -0.121. The van der Waals surface area contributed by atoms with Crippen molar-refractivity contribution in [2.45, 2.75) is 38.3 Å². The first-order valence-corrected chi connectivity index (χ1v) is 11.6. The number of benzene rings is 2. The number of nitrogens with one attached hydrogen (secondary N) is 1. The Labute approximate surface area is 182 Å². The number of rotatable bonds is 10. The first-order chi connectivity index (χ1) is 14.9. The number of ether oxygens (including phenoxy) is 1. The monoisotopic (exact) mass is 445 g/mol. The van der Waals surface area contributed by atoms with E-state index in [4.69, 9.17) is 4.74 Å². The van der Waals surface area contributed by atoms with E-state index in [9.17, 15) is 13.2 Å². The number of fused-ring (bicyclic) bond motifs is 1. The van der Waals surface area contributed by atoms with Crippen LogP contribution >= 0.6 is 0 Å². The zero-order valence-electron chi connectivity index (χ0n) is 17.9. The molecular formula is C21H27N5O4S. The number of amides is 1. The minimum atomic E-state index is -3.56. The second kappa shape index (κ2) is 9.88.